The number of benzene rings is 2. The van der Waals surface area contributed by atoms with Crippen LogP contribution < -0.4 is 14.4 Å². The Morgan fingerprint density at radius 3 is 2.19 bits per heavy atom. The maximum atomic E-state index is 12.5. The first-order chi connectivity index (χ1) is 12.2. The zero-order valence-corrected chi connectivity index (χ0v) is 16.2. The van der Waals surface area contributed by atoms with Crippen LogP contribution in [-0.2, 0) is 21.4 Å². The number of sulfonamides is 1. The fourth-order valence-electron chi connectivity index (χ4n) is 2.58. The Kier molecular flexibility index (Phi) is 6.26. The summed E-state index contributed by atoms with van der Waals surface area (Å²) in [5.74, 6) is 0.241. The highest BCUT2D eigenvalue weighted by atomic mass is 32.2. The number of hydrogen-bond acceptors (Lipinski definition) is 4. The van der Waals surface area contributed by atoms with Crippen LogP contribution in [0.25, 0.3) is 0 Å². The lowest BCUT2D eigenvalue weighted by Gasteiger charge is -2.28. The van der Waals surface area contributed by atoms with Gasteiger partial charge in [0.1, 0.15) is 11.8 Å². The second kappa shape index (κ2) is 8.23. The maximum absolute atomic E-state index is 12.5. The van der Waals surface area contributed by atoms with Gasteiger partial charge in [-0.05, 0) is 43.7 Å². The summed E-state index contributed by atoms with van der Waals surface area (Å²) in [6, 6.07) is 13.4. The lowest BCUT2D eigenvalue weighted by Crippen LogP contribution is -2.47. The number of nitrogens with one attached hydrogen (secondary N) is 1. The van der Waals surface area contributed by atoms with Crippen LogP contribution in [0.4, 0.5) is 5.69 Å². The van der Waals surface area contributed by atoms with Crippen molar-refractivity contribution in [2.45, 2.75) is 26.4 Å². The van der Waals surface area contributed by atoms with Gasteiger partial charge < -0.3 is 10.1 Å². The van der Waals surface area contributed by atoms with Gasteiger partial charge >= 0.3 is 0 Å². The highest BCUT2D eigenvalue weighted by molar-refractivity contribution is 7.92. The van der Waals surface area contributed by atoms with Gasteiger partial charge in [0.25, 0.3) is 0 Å². The summed E-state index contributed by atoms with van der Waals surface area (Å²) in [4.78, 5) is 12.5. The molecule has 1 atom stereocenters. The van der Waals surface area contributed by atoms with Gasteiger partial charge in [0.15, 0.2) is 0 Å². The number of amides is 1. The summed E-state index contributed by atoms with van der Waals surface area (Å²) in [7, 11) is -2.11. The molecule has 0 fully saturated rings. The van der Waals surface area contributed by atoms with Crippen molar-refractivity contribution >= 4 is 21.6 Å². The highest BCUT2D eigenvalue weighted by Gasteiger charge is 2.28. The van der Waals surface area contributed by atoms with E-state index < -0.39 is 16.1 Å². The summed E-state index contributed by atoms with van der Waals surface area (Å²) in [6.07, 6.45) is 1.08. The van der Waals surface area contributed by atoms with E-state index in [1.807, 2.05) is 31.2 Å². The van der Waals surface area contributed by atoms with Crippen molar-refractivity contribution in [1.82, 2.24) is 5.32 Å². The number of methoxy groups -OCH3 is 1. The first kappa shape index (κ1) is 19.8. The molecule has 0 aliphatic rings. The third-order valence-corrected chi connectivity index (χ3v) is 5.24. The van der Waals surface area contributed by atoms with Crippen molar-refractivity contribution in [3.63, 3.8) is 0 Å². The monoisotopic (exact) mass is 376 g/mol. The summed E-state index contributed by atoms with van der Waals surface area (Å²) in [5.41, 5.74) is 2.49. The summed E-state index contributed by atoms with van der Waals surface area (Å²) < 4.78 is 30.7. The predicted molar refractivity (Wildman–Crippen MR) is 103 cm³/mol. The lowest BCUT2D eigenvalue weighted by atomic mass is 10.1. The molecule has 0 spiro atoms. The molecular weight excluding hydrogens is 352 g/mol. The fraction of sp³-hybridized carbons (Fsp3) is 0.316. The molecular formula is C19H24N2O4S. The molecule has 7 heteroatoms. The Hall–Kier alpha value is -2.54. The Morgan fingerprint density at radius 1 is 1.12 bits per heavy atom. The van der Waals surface area contributed by atoms with Gasteiger partial charge in [-0.15, -0.1) is 0 Å². The van der Waals surface area contributed by atoms with Gasteiger partial charge in [-0.1, -0.05) is 29.8 Å². The van der Waals surface area contributed by atoms with E-state index >= 15 is 0 Å². The van der Waals surface area contributed by atoms with Crippen molar-refractivity contribution in [3.8, 4) is 5.75 Å². The molecule has 0 saturated heterocycles. The van der Waals surface area contributed by atoms with Gasteiger partial charge in [-0.2, -0.15) is 0 Å². The average molecular weight is 376 g/mol. The minimum absolute atomic E-state index is 0.337. The number of anilines is 1. The van der Waals surface area contributed by atoms with E-state index in [9.17, 15) is 13.2 Å². The van der Waals surface area contributed by atoms with Gasteiger partial charge in [0, 0.05) is 6.54 Å². The summed E-state index contributed by atoms with van der Waals surface area (Å²) >= 11 is 0. The number of aryl methyl sites for hydroxylation is 1. The van der Waals surface area contributed by atoms with Crippen LogP contribution in [0.5, 0.6) is 5.75 Å². The highest BCUT2D eigenvalue weighted by Crippen LogP contribution is 2.23. The number of hydrogen-bond donors (Lipinski definition) is 1. The Morgan fingerprint density at radius 2 is 1.69 bits per heavy atom. The van der Waals surface area contributed by atoms with Crippen molar-refractivity contribution < 1.29 is 17.9 Å². The summed E-state index contributed by atoms with van der Waals surface area (Å²) in [6.45, 7) is 3.89. The standard InChI is InChI=1S/C19H24N2O4S/c1-14-5-7-16(8-6-14)13-20-19(22)15(2)21(26(4,23)24)17-9-11-18(25-3)12-10-17/h5-12,15H,13H2,1-4H3,(H,20,22)/t15-/m1/s1. The lowest BCUT2D eigenvalue weighted by molar-refractivity contribution is -0.122. The number of rotatable bonds is 7. The molecule has 2 rings (SSSR count). The molecule has 0 aliphatic heterocycles. The van der Waals surface area contributed by atoms with Gasteiger partial charge in [-0.25, -0.2) is 8.42 Å². The molecule has 2 aromatic rings. The number of ether oxygens (including phenoxy) is 1. The normalized spacial score (nSPS) is 12.3. The molecule has 6 nitrogen and oxygen atoms in total. The van der Waals surface area contributed by atoms with Gasteiger partial charge in [0.05, 0.1) is 19.1 Å². The zero-order chi connectivity index (χ0) is 19.3. The average Bonchev–Trinajstić information content (AvgIpc) is 2.60. The van der Waals surface area contributed by atoms with Crippen molar-refractivity contribution in [1.29, 1.82) is 0 Å². The smallest absolute Gasteiger partial charge is 0.243 e. The van der Waals surface area contributed by atoms with Crippen molar-refractivity contribution in [2.75, 3.05) is 17.7 Å². The van der Waals surface area contributed by atoms with Crippen LogP contribution >= 0.6 is 0 Å². The number of nitrogens with zero attached hydrogens (tertiary/aromatic N) is 1. The molecule has 0 unspecified atom stereocenters. The molecule has 140 valence electrons. The maximum Gasteiger partial charge on any atom is 0.243 e. The molecule has 0 heterocycles. The molecule has 2 aromatic carbocycles. The van der Waals surface area contributed by atoms with Gasteiger partial charge in [-0.3, -0.25) is 9.10 Å². The number of carbonyl (C=O) groups is 1. The van der Waals surface area contributed by atoms with E-state index in [2.05, 4.69) is 5.32 Å². The molecule has 1 N–H and O–H groups in total. The number of carbonyl (C=O) groups excluding carboxylic acids is 1. The molecule has 1 amide bonds. The molecule has 0 aromatic heterocycles. The minimum Gasteiger partial charge on any atom is -0.497 e. The first-order valence-electron chi connectivity index (χ1n) is 8.19. The predicted octanol–water partition coefficient (Wildman–Crippen LogP) is 2.47. The van der Waals surface area contributed by atoms with Crippen LogP contribution in [0.15, 0.2) is 48.5 Å². The third-order valence-electron chi connectivity index (χ3n) is 4.00. The molecule has 0 saturated carbocycles. The molecule has 0 aliphatic carbocycles. The van der Waals surface area contributed by atoms with E-state index in [1.165, 1.54) is 7.11 Å². The van der Waals surface area contributed by atoms with Gasteiger partial charge in [0.2, 0.25) is 15.9 Å². The van der Waals surface area contributed by atoms with E-state index in [4.69, 9.17) is 4.74 Å². The Bertz CT molecular complexity index is 846. The second-order valence-electron chi connectivity index (χ2n) is 6.14. The molecule has 0 radical (unpaired) electrons. The van der Waals surface area contributed by atoms with Crippen molar-refractivity contribution in [3.05, 3.63) is 59.7 Å². The second-order valence-corrected chi connectivity index (χ2v) is 8.00. The van der Waals surface area contributed by atoms with E-state index in [-0.39, 0.29) is 5.91 Å². The Balaban J connectivity index is 2.16. The Labute approximate surface area is 154 Å². The van der Waals surface area contributed by atoms with Crippen molar-refractivity contribution in [2.24, 2.45) is 0 Å². The molecule has 0 bridgehead atoms. The van der Waals surface area contributed by atoms with E-state index in [0.29, 0.717) is 18.0 Å². The quantitative estimate of drug-likeness (QED) is 0.805. The zero-order valence-electron chi connectivity index (χ0n) is 15.4. The third kappa shape index (κ3) is 4.98. The summed E-state index contributed by atoms with van der Waals surface area (Å²) in [5, 5.41) is 2.79. The SMILES string of the molecule is COc1ccc(N([C@H](C)C(=O)NCc2ccc(C)cc2)S(C)(=O)=O)cc1. The largest absolute Gasteiger partial charge is 0.497 e. The van der Waals surface area contributed by atoms with Crippen LogP contribution in [-0.4, -0.2) is 33.7 Å². The van der Waals surface area contributed by atoms with Crippen LogP contribution in [0.2, 0.25) is 0 Å². The van der Waals surface area contributed by atoms with Crippen LogP contribution in [0, 0.1) is 6.92 Å². The van der Waals surface area contributed by atoms with E-state index in [0.717, 1.165) is 21.7 Å². The minimum atomic E-state index is -3.64. The van der Waals surface area contributed by atoms with Crippen LogP contribution in [0.1, 0.15) is 18.1 Å². The first-order valence-corrected chi connectivity index (χ1v) is 10.0. The molecule has 26 heavy (non-hydrogen) atoms. The topological polar surface area (TPSA) is 75.7 Å². The fourth-order valence-corrected chi connectivity index (χ4v) is 3.76. The van der Waals surface area contributed by atoms with Crippen LogP contribution in [0.3, 0.4) is 0 Å². The van der Waals surface area contributed by atoms with E-state index in [1.54, 1.807) is 31.2 Å².